The second-order valence-electron chi connectivity index (χ2n) is 6.43. The Kier molecular flexibility index (Phi) is 5.64. The van der Waals surface area contributed by atoms with Crippen LogP contribution in [0.2, 0.25) is 0 Å². The maximum absolute atomic E-state index is 13.0. The Balaban J connectivity index is 1.81. The second-order valence-corrected chi connectivity index (χ2v) is 7.28. The summed E-state index contributed by atoms with van der Waals surface area (Å²) < 4.78 is 39.1. The van der Waals surface area contributed by atoms with Gasteiger partial charge in [0.05, 0.1) is 23.5 Å². The zero-order valence-corrected chi connectivity index (χ0v) is 16.4. The summed E-state index contributed by atoms with van der Waals surface area (Å²) in [5, 5.41) is 5.51. The smallest absolute Gasteiger partial charge is 0.376 e. The average Bonchev–Trinajstić information content (AvgIpc) is 2.74. The van der Waals surface area contributed by atoms with E-state index in [0.717, 1.165) is 6.07 Å². The SMILES string of the molecule is C[C@@H]1CC(=O)Nc2ccccc2N1C(=O)CNc1ccc(Br)c(C(F)(F)F)c1. The van der Waals surface area contributed by atoms with Crippen LogP contribution in [0.1, 0.15) is 18.9 Å². The molecule has 2 aromatic rings. The summed E-state index contributed by atoms with van der Waals surface area (Å²) in [6.07, 6.45) is -4.39. The van der Waals surface area contributed by atoms with Crippen molar-refractivity contribution in [2.24, 2.45) is 0 Å². The van der Waals surface area contributed by atoms with Crippen molar-refractivity contribution in [3.8, 4) is 0 Å². The molecule has 5 nitrogen and oxygen atoms in total. The van der Waals surface area contributed by atoms with Gasteiger partial charge in [-0.1, -0.05) is 28.1 Å². The van der Waals surface area contributed by atoms with E-state index in [1.807, 2.05) is 0 Å². The molecular formula is C19H17BrF3N3O2. The predicted octanol–water partition coefficient (Wildman–Crippen LogP) is 4.64. The van der Waals surface area contributed by atoms with E-state index in [1.54, 1.807) is 31.2 Å². The Bertz CT molecular complexity index is 918. The van der Waals surface area contributed by atoms with Crippen molar-refractivity contribution in [2.45, 2.75) is 25.6 Å². The van der Waals surface area contributed by atoms with Gasteiger partial charge in [0.25, 0.3) is 0 Å². The van der Waals surface area contributed by atoms with Crippen molar-refractivity contribution in [3.05, 3.63) is 52.5 Å². The normalized spacial score (nSPS) is 16.8. The fourth-order valence-corrected chi connectivity index (χ4v) is 3.55. The molecule has 1 atom stereocenters. The predicted molar refractivity (Wildman–Crippen MR) is 104 cm³/mol. The van der Waals surface area contributed by atoms with Crippen LogP contribution >= 0.6 is 15.9 Å². The molecule has 9 heteroatoms. The average molecular weight is 456 g/mol. The third kappa shape index (κ3) is 4.30. The molecule has 0 saturated carbocycles. The van der Waals surface area contributed by atoms with Gasteiger partial charge in [-0.15, -0.1) is 0 Å². The molecule has 0 spiro atoms. The Morgan fingerprint density at radius 3 is 2.71 bits per heavy atom. The number of carbonyl (C=O) groups is 2. The van der Waals surface area contributed by atoms with Crippen molar-refractivity contribution in [1.82, 2.24) is 0 Å². The first kappa shape index (κ1) is 20.2. The molecule has 3 rings (SSSR count). The van der Waals surface area contributed by atoms with E-state index in [9.17, 15) is 22.8 Å². The molecule has 2 amide bonds. The molecule has 1 aliphatic heterocycles. The van der Waals surface area contributed by atoms with Crippen LogP contribution in [0.25, 0.3) is 0 Å². The zero-order chi connectivity index (χ0) is 20.5. The van der Waals surface area contributed by atoms with Crippen LogP contribution < -0.4 is 15.5 Å². The van der Waals surface area contributed by atoms with E-state index in [2.05, 4.69) is 26.6 Å². The molecule has 1 heterocycles. The van der Waals surface area contributed by atoms with Crippen LogP contribution in [0, 0.1) is 0 Å². The van der Waals surface area contributed by atoms with Crippen LogP contribution in [0.15, 0.2) is 46.9 Å². The number of anilines is 3. The lowest BCUT2D eigenvalue weighted by molar-refractivity contribution is -0.138. The summed E-state index contributed by atoms with van der Waals surface area (Å²) in [5.74, 6) is -0.557. The summed E-state index contributed by atoms with van der Waals surface area (Å²) in [6, 6.07) is 10.2. The van der Waals surface area contributed by atoms with Gasteiger partial charge in [0.15, 0.2) is 0 Å². The highest BCUT2D eigenvalue weighted by molar-refractivity contribution is 9.10. The van der Waals surface area contributed by atoms with Crippen LogP contribution in [-0.4, -0.2) is 24.4 Å². The largest absolute Gasteiger partial charge is 0.417 e. The molecule has 0 fully saturated rings. The Hall–Kier alpha value is -2.55. The number of hydrogen-bond donors (Lipinski definition) is 2. The summed E-state index contributed by atoms with van der Waals surface area (Å²) in [4.78, 5) is 26.3. The molecule has 0 radical (unpaired) electrons. The minimum Gasteiger partial charge on any atom is -0.376 e. The van der Waals surface area contributed by atoms with E-state index < -0.39 is 17.8 Å². The van der Waals surface area contributed by atoms with Crippen molar-refractivity contribution in [1.29, 1.82) is 0 Å². The first-order chi connectivity index (χ1) is 13.2. The maximum Gasteiger partial charge on any atom is 0.417 e. The number of nitrogens with zero attached hydrogens (tertiary/aromatic N) is 1. The number of para-hydroxylation sites is 2. The fraction of sp³-hybridized carbons (Fsp3) is 0.263. The Morgan fingerprint density at radius 2 is 2.00 bits per heavy atom. The van der Waals surface area contributed by atoms with Gasteiger partial charge in [0.1, 0.15) is 0 Å². The van der Waals surface area contributed by atoms with Gasteiger partial charge in [-0.3, -0.25) is 9.59 Å². The molecular weight excluding hydrogens is 439 g/mol. The van der Waals surface area contributed by atoms with E-state index in [4.69, 9.17) is 0 Å². The van der Waals surface area contributed by atoms with E-state index >= 15 is 0 Å². The maximum atomic E-state index is 13.0. The van der Waals surface area contributed by atoms with Crippen molar-refractivity contribution in [2.75, 3.05) is 22.1 Å². The molecule has 0 saturated heterocycles. The van der Waals surface area contributed by atoms with Crippen molar-refractivity contribution < 1.29 is 22.8 Å². The minimum atomic E-state index is -4.51. The van der Waals surface area contributed by atoms with Crippen LogP contribution in [0.4, 0.5) is 30.2 Å². The highest BCUT2D eigenvalue weighted by Crippen LogP contribution is 2.36. The van der Waals surface area contributed by atoms with Crippen LogP contribution in [0.3, 0.4) is 0 Å². The number of amides is 2. The molecule has 0 bridgehead atoms. The summed E-state index contributed by atoms with van der Waals surface area (Å²) in [6.45, 7) is 1.53. The number of hydrogen-bond acceptors (Lipinski definition) is 3. The molecule has 1 aliphatic rings. The van der Waals surface area contributed by atoms with Crippen LogP contribution in [-0.2, 0) is 15.8 Å². The second kappa shape index (κ2) is 7.83. The minimum absolute atomic E-state index is 0.0727. The molecule has 2 aromatic carbocycles. The lowest BCUT2D eigenvalue weighted by atomic mass is 10.1. The third-order valence-electron chi connectivity index (χ3n) is 4.34. The zero-order valence-electron chi connectivity index (χ0n) is 14.8. The molecule has 0 unspecified atom stereocenters. The number of fused-ring (bicyclic) bond motifs is 1. The Morgan fingerprint density at radius 1 is 1.29 bits per heavy atom. The summed E-state index contributed by atoms with van der Waals surface area (Å²) in [7, 11) is 0. The highest BCUT2D eigenvalue weighted by atomic mass is 79.9. The topological polar surface area (TPSA) is 61.4 Å². The van der Waals surface area contributed by atoms with Gasteiger partial charge in [0.2, 0.25) is 11.8 Å². The van der Waals surface area contributed by atoms with Crippen molar-refractivity contribution >= 4 is 44.8 Å². The first-order valence-electron chi connectivity index (χ1n) is 8.48. The number of halogens is 4. The Labute approximate surface area is 168 Å². The van der Waals surface area contributed by atoms with E-state index in [0.29, 0.717) is 11.4 Å². The van der Waals surface area contributed by atoms with Gasteiger partial charge in [-0.05, 0) is 37.3 Å². The van der Waals surface area contributed by atoms with Gasteiger partial charge in [-0.25, -0.2) is 0 Å². The van der Waals surface area contributed by atoms with Gasteiger partial charge >= 0.3 is 6.18 Å². The number of nitrogens with one attached hydrogen (secondary N) is 2. The molecule has 2 N–H and O–H groups in total. The number of alkyl halides is 3. The molecule has 0 aliphatic carbocycles. The van der Waals surface area contributed by atoms with Gasteiger partial charge in [-0.2, -0.15) is 13.2 Å². The molecule has 0 aromatic heterocycles. The van der Waals surface area contributed by atoms with E-state index in [1.165, 1.54) is 17.0 Å². The van der Waals surface area contributed by atoms with Gasteiger partial charge in [0, 0.05) is 22.6 Å². The highest BCUT2D eigenvalue weighted by Gasteiger charge is 2.33. The fourth-order valence-electron chi connectivity index (χ4n) is 3.08. The van der Waals surface area contributed by atoms with Crippen LogP contribution in [0.5, 0.6) is 0 Å². The van der Waals surface area contributed by atoms with Gasteiger partial charge < -0.3 is 15.5 Å². The molecule has 148 valence electrons. The monoisotopic (exact) mass is 455 g/mol. The molecule has 28 heavy (non-hydrogen) atoms. The van der Waals surface area contributed by atoms with E-state index in [-0.39, 0.29) is 34.9 Å². The third-order valence-corrected chi connectivity index (χ3v) is 5.03. The number of carbonyl (C=O) groups excluding carboxylic acids is 2. The summed E-state index contributed by atoms with van der Waals surface area (Å²) >= 11 is 2.89. The standard InChI is InChI=1S/C19H17BrF3N3O2/c1-11-8-17(27)25-15-4-2-3-5-16(15)26(11)18(28)10-24-12-6-7-14(20)13(9-12)19(21,22)23/h2-7,9,11,24H,8,10H2,1H3,(H,25,27)/t11-/m1/s1. The van der Waals surface area contributed by atoms with Crippen molar-refractivity contribution in [3.63, 3.8) is 0 Å². The lowest BCUT2D eigenvalue weighted by Crippen LogP contribution is -2.42. The number of rotatable bonds is 3. The quantitative estimate of drug-likeness (QED) is 0.708. The summed E-state index contributed by atoms with van der Waals surface area (Å²) in [5.41, 5.74) is 0.426. The lowest BCUT2D eigenvalue weighted by Gasteiger charge is -2.28. The number of benzene rings is 2. The first-order valence-corrected chi connectivity index (χ1v) is 9.27.